The van der Waals surface area contributed by atoms with Crippen molar-refractivity contribution in [3.63, 3.8) is 0 Å². The molecule has 0 aliphatic carbocycles. The Balaban J connectivity index is 1.13. The monoisotopic (exact) mass is 816 g/mol. The van der Waals surface area contributed by atoms with Gasteiger partial charge in [-0.05, 0) is 76.9 Å². The van der Waals surface area contributed by atoms with E-state index < -0.39 is 0 Å². The lowest BCUT2D eigenvalue weighted by molar-refractivity contribution is 1.07. The van der Waals surface area contributed by atoms with Crippen molar-refractivity contribution in [1.82, 2.24) is 24.1 Å². The van der Waals surface area contributed by atoms with Crippen LogP contribution in [0.5, 0.6) is 0 Å². The highest BCUT2D eigenvalue weighted by Crippen LogP contribution is 2.41. The van der Waals surface area contributed by atoms with Gasteiger partial charge >= 0.3 is 0 Å². The summed E-state index contributed by atoms with van der Waals surface area (Å²) in [6, 6.07) is 78.2. The zero-order valence-electron chi connectivity index (χ0n) is 34.5. The van der Waals surface area contributed by atoms with Crippen molar-refractivity contribution in [2.24, 2.45) is 0 Å². The number of aromatic nitrogens is 5. The van der Waals surface area contributed by atoms with Gasteiger partial charge in [0.1, 0.15) is 0 Å². The first kappa shape index (κ1) is 36.9. The van der Waals surface area contributed by atoms with Crippen molar-refractivity contribution >= 4 is 43.6 Å². The van der Waals surface area contributed by atoms with E-state index in [1.807, 2.05) is 42.5 Å². The van der Waals surface area contributed by atoms with Crippen LogP contribution in [0.1, 0.15) is 5.56 Å². The first-order chi connectivity index (χ1) is 31.7. The van der Waals surface area contributed by atoms with Gasteiger partial charge in [-0.25, -0.2) is 15.0 Å². The predicted molar refractivity (Wildman–Crippen MR) is 260 cm³/mol. The summed E-state index contributed by atoms with van der Waals surface area (Å²) < 4.78 is 4.81. The van der Waals surface area contributed by atoms with Crippen LogP contribution in [0.25, 0.3) is 111 Å². The van der Waals surface area contributed by atoms with Gasteiger partial charge in [-0.1, -0.05) is 164 Å². The highest BCUT2D eigenvalue weighted by molar-refractivity contribution is 6.15. The highest BCUT2D eigenvalue weighted by atomic mass is 15.1. The van der Waals surface area contributed by atoms with Crippen molar-refractivity contribution in [3.8, 4) is 73.9 Å². The molecule has 0 atom stereocenters. The second-order valence-corrected chi connectivity index (χ2v) is 16.0. The van der Waals surface area contributed by atoms with Gasteiger partial charge in [0.15, 0.2) is 17.5 Å². The molecule has 0 N–H and O–H groups in total. The van der Waals surface area contributed by atoms with Gasteiger partial charge in [0.05, 0.1) is 39.4 Å². The first-order valence-corrected chi connectivity index (χ1v) is 21.3. The Morgan fingerprint density at radius 2 is 0.781 bits per heavy atom. The summed E-state index contributed by atoms with van der Waals surface area (Å²) in [6.07, 6.45) is 0. The van der Waals surface area contributed by atoms with E-state index >= 15 is 0 Å². The Morgan fingerprint density at radius 1 is 0.328 bits per heavy atom. The molecule has 64 heavy (non-hydrogen) atoms. The molecule has 0 saturated heterocycles. The molecule has 0 radical (unpaired) electrons. The number of benzene rings is 9. The fraction of sp³-hybridized carbons (Fsp3) is 0. The van der Waals surface area contributed by atoms with Crippen LogP contribution < -0.4 is 0 Å². The minimum Gasteiger partial charge on any atom is -0.307 e. The Kier molecular flexibility index (Phi) is 8.77. The molecule has 0 fully saturated rings. The van der Waals surface area contributed by atoms with Crippen LogP contribution in [0.15, 0.2) is 218 Å². The van der Waals surface area contributed by atoms with Gasteiger partial charge in [0.2, 0.25) is 0 Å². The van der Waals surface area contributed by atoms with E-state index in [-0.39, 0.29) is 0 Å². The standard InChI is InChI=1S/C58H36N6/c59-37-38-15-13-20-43(33-38)57-60-56(42-31-29-41(30-32-42)39-16-3-1-4-17-39)61-58(62-57)45-34-44(40-18-5-2-6-19-40)35-46(36-45)63-51-25-10-9-23-49(51)50-24-14-28-54(55(50)63)64-52-26-11-7-21-47(52)48-22-8-12-27-53(48)64/h1-36H. The summed E-state index contributed by atoms with van der Waals surface area (Å²) in [5.41, 5.74) is 13.8. The lowest BCUT2D eigenvalue weighted by Crippen LogP contribution is -2.03. The van der Waals surface area contributed by atoms with Crippen molar-refractivity contribution < 1.29 is 0 Å². The van der Waals surface area contributed by atoms with E-state index in [2.05, 4.69) is 185 Å². The quantitative estimate of drug-likeness (QED) is 0.161. The Bertz CT molecular complexity index is 3730. The molecular formula is C58H36N6. The zero-order valence-corrected chi connectivity index (χ0v) is 34.5. The van der Waals surface area contributed by atoms with E-state index in [0.717, 1.165) is 83.2 Å². The third-order valence-corrected chi connectivity index (χ3v) is 12.2. The molecule has 6 heteroatoms. The summed E-state index contributed by atoms with van der Waals surface area (Å²) in [7, 11) is 0. The molecule has 0 aliphatic rings. The number of para-hydroxylation sites is 4. The Labute approximate surface area is 369 Å². The average molecular weight is 817 g/mol. The fourth-order valence-corrected chi connectivity index (χ4v) is 9.23. The number of nitriles is 1. The molecule has 9 aromatic carbocycles. The molecule has 3 aromatic heterocycles. The summed E-state index contributed by atoms with van der Waals surface area (Å²) in [4.78, 5) is 15.5. The SMILES string of the molecule is N#Cc1cccc(-c2nc(-c3ccc(-c4ccccc4)cc3)nc(-c3cc(-c4ccccc4)cc(-n4c5ccccc5c5cccc(-n6c7ccccc7c7ccccc76)c54)c3)n2)c1. The first-order valence-electron chi connectivity index (χ1n) is 21.3. The predicted octanol–water partition coefficient (Wildman–Crippen LogP) is 14.3. The van der Waals surface area contributed by atoms with Gasteiger partial charge < -0.3 is 9.13 Å². The van der Waals surface area contributed by atoms with E-state index in [1.165, 1.54) is 10.8 Å². The molecule has 0 aliphatic heterocycles. The summed E-state index contributed by atoms with van der Waals surface area (Å²) in [6.45, 7) is 0. The van der Waals surface area contributed by atoms with Crippen molar-refractivity contribution in [1.29, 1.82) is 5.26 Å². The maximum atomic E-state index is 9.88. The maximum absolute atomic E-state index is 9.88. The lowest BCUT2D eigenvalue weighted by atomic mass is 10.0. The minimum atomic E-state index is 0.487. The van der Waals surface area contributed by atoms with E-state index in [4.69, 9.17) is 15.0 Å². The number of nitrogens with zero attached hydrogens (tertiary/aromatic N) is 6. The molecule has 6 nitrogen and oxygen atoms in total. The van der Waals surface area contributed by atoms with Crippen LogP contribution in [-0.2, 0) is 0 Å². The van der Waals surface area contributed by atoms with Crippen LogP contribution in [0.3, 0.4) is 0 Å². The molecule has 3 heterocycles. The van der Waals surface area contributed by atoms with Crippen LogP contribution in [0.2, 0.25) is 0 Å². The molecule has 0 spiro atoms. The molecule has 0 bridgehead atoms. The van der Waals surface area contributed by atoms with Gasteiger partial charge in [-0.2, -0.15) is 5.26 Å². The fourth-order valence-electron chi connectivity index (χ4n) is 9.23. The van der Waals surface area contributed by atoms with E-state index in [0.29, 0.717) is 23.0 Å². The van der Waals surface area contributed by atoms with Crippen LogP contribution in [0.4, 0.5) is 0 Å². The normalized spacial score (nSPS) is 11.4. The van der Waals surface area contributed by atoms with Crippen molar-refractivity contribution in [2.45, 2.75) is 0 Å². The van der Waals surface area contributed by atoms with Crippen molar-refractivity contribution in [3.05, 3.63) is 224 Å². The number of hydrogen-bond donors (Lipinski definition) is 0. The lowest BCUT2D eigenvalue weighted by Gasteiger charge is -2.17. The second-order valence-electron chi connectivity index (χ2n) is 16.0. The number of fused-ring (bicyclic) bond motifs is 6. The van der Waals surface area contributed by atoms with Gasteiger partial charge in [0.25, 0.3) is 0 Å². The molecule has 0 saturated carbocycles. The molecule has 298 valence electrons. The van der Waals surface area contributed by atoms with E-state index in [9.17, 15) is 5.26 Å². The van der Waals surface area contributed by atoms with Crippen LogP contribution in [-0.4, -0.2) is 24.1 Å². The maximum Gasteiger partial charge on any atom is 0.164 e. The second kappa shape index (κ2) is 15.2. The van der Waals surface area contributed by atoms with Gasteiger partial charge in [0, 0.05) is 43.9 Å². The molecule has 0 amide bonds. The molecule has 12 rings (SSSR count). The summed E-state index contributed by atoms with van der Waals surface area (Å²) in [5.74, 6) is 1.55. The minimum absolute atomic E-state index is 0.487. The summed E-state index contributed by atoms with van der Waals surface area (Å²) in [5, 5.41) is 14.6. The largest absolute Gasteiger partial charge is 0.307 e. The zero-order chi connectivity index (χ0) is 42.6. The van der Waals surface area contributed by atoms with Crippen LogP contribution in [0, 0.1) is 11.3 Å². The van der Waals surface area contributed by atoms with Gasteiger partial charge in [-0.3, -0.25) is 0 Å². The summed E-state index contributed by atoms with van der Waals surface area (Å²) >= 11 is 0. The smallest absolute Gasteiger partial charge is 0.164 e. The average Bonchev–Trinajstić information content (AvgIpc) is 3.90. The Morgan fingerprint density at radius 3 is 1.42 bits per heavy atom. The van der Waals surface area contributed by atoms with Crippen LogP contribution >= 0.6 is 0 Å². The topological polar surface area (TPSA) is 72.3 Å². The highest BCUT2D eigenvalue weighted by Gasteiger charge is 2.22. The third-order valence-electron chi connectivity index (χ3n) is 12.2. The molecular weight excluding hydrogens is 781 g/mol. The Hall–Kier alpha value is -8.92. The molecule has 0 unspecified atom stereocenters. The number of rotatable bonds is 7. The third kappa shape index (κ3) is 6.22. The number of hydrogen-bond acceptors (Lipinski definition) is 4. The van der Waals surface area contributed by atoms with Crippen molar-refractivity contribution in [2.75, 3.05) is 0 Å². The molecule has 12 aromatic rings. The van der Waals surface area contributed by atoms with Gasteiger partial charge in [-0.15, -0.1) is 0 Å². The van der Waals surface area contributed by atoms with E-state index in [1.54, 1.807) is 6.07 Å².